The maximum atomic E-state index is 10.3. The highest BCUT2D eigenvalue weighted by Crippen LogP contribution is 2.20. The van der Waals surface area contributed by atoms with Gasteiger partial charge in [-0.2, -0.15) is 0 Å². The van der Waals surface area contributed by atoms with Gasteiger partial charge in [0, 0.05) is 6.54 Å². The van der Waals surface area contributed by atoms with Crippen molar-refractivity contribution in [2.24, 2.45) is 0 Å². The fourth-order valence-electron chi connectivity index (χ4n) is 1.46. The van der Waals surface area contributed by atoms with E-state index in [-0.39, 0.29) is 6.54 Å². The van der Waals surface area contributed by atoms with Gasteiger partial charge in [0.15, 0.2) is 0 Å². The van der Waals surface area contributed by atoms with E-state index in [0.717, 1.165) is 0 Å². The highest BCUT2D eigenvalue weighted by atomic mass is 32.2. The van der Waals surface area contributed by atoms with Crippen LogP contribution in [0, 0.1) is 0 Å². The molecule has 0 aromatic carbocycles. The third-order valence-electron chi connectivity index (χ3n) is 2.36. The molecule has 5 N–H and O–H groups in total. The molecule has 0 aromatic rings. The van der Waals surface area contributed by atoms with Crippen LogP contribution in [0.2, 0.25) is 0 Å². The van der Waals surface area contributed by atoms with Crippen LogP contribution in [0.5, 0.6) is 0 Å². The standard InChI is InChI=1S/C7H15NO6S/c1-3-5(9)7(11)6(10)4(14-3)2-8-15(12)13/h3-11H,2H2,1H3,(H,12,13)/t3?,4-,5-,6?,7?/m1/s1. The Morgan fingerprint density at radius 1 is 1.27 bits per heavy atom. The third-order valence-corrected chi connectivity index (χ3v) is 2.77. The van der Waals surface area contributed by atoms with E-state index in [2.05, 4.69) is 4.72 Å². The molecule has 1 aliphatic heterocycles. The Hall–Kier alpha value is -0.0900. The second-order valence-corrected chi connectivity index (χ2v) is 4.24. The SMILES string of the molecule is CC1O[C@H](CNS(=O)O)C(O)C(O)[C@@H]1O. The quantitative estimate of drug-likeness (QED) is 0.351. The molecule has 0 radical (unpaired) electrons. The fraction of sp³-hybridized carbons (Fsp3) is 1.00. The molecule has 6 atom stereocenters. The number of nitrogens with one attached hydrogen (secondary N) is 1. The molecule has 1 aliphatic rings. The lowest BCUT2D eigenvalue weighted by molar-refractivity contribution is -0.214. The van der Waals surface area contributed by atoms with Crippen molar-refractivity contribution in [2.45, 2.75) is 37.4 Å². The van der Waals surface area contributed by atoms with Crippen LogP contribution in [0.25, 0.3) is 0 Å². The minimum Gasteiger partial charge on any atom is -0.388 e. The lowest BCUT2D eigenvalue weighted by Crippen LogP contribution is -2.58. The zero-order valence-electron chi connectivity index (χ0n) is 8.11. The Morgan fingerprint density at radius 3 is 2.40 bits per heavy atom. The molecule has 1 rings (SSSR count). The van der Waals surface area contributed by atoms with Crippen LogP contribution in [0.4, 0.5) is 0 Å². The smallest absolute Gasteiger partial charge is 0.231 e. The molecular formula is C7H15NO6S. The van der Waals surface area contributed by atoms with Gasteiger partial charge in [-0.05, 0) is 6.92 Å². The number of aliphatic hydroxyl groups is 3. The minimum atomic E-state index is -2.20. The van der Waals surface area contributed by atoms with E-state index < -0.39 is 41.8 Å². The average molecular weight is 241 g/mol. The van der Waals surface area contributed by atoms with Crippen LogP contribution in [0.1, 0.15) is 6.92 Å². The first-order chi connectivity index (χ1) is 6.93. The summed E-state index contributed by atoms with van der Waals surface area (Å²) in [4.78, 5) is 0. The summed E-state index contributed by atoms with van der Waals surface area (Å²) in [5, 5.41) is 28.2. The molecule has 0 amide bonds. The maximum Gasteiger partial charge on any atom is 0.231 e. The van der Waals surface area contributed by atoms with Crippen LogP contribution in [0.15, 0.2) is 0 Å². The van der Waals surface area contributed by atoms with E-state index in [9.17, 15) is 19.5 Å². The Bertz CT molecular complexity index is 240. The molecule has 7 nitrogen and oxygen atoms in total. The number of hydrogen-bond acceptors (Lipinski definition) is 5. The molecule has 1 saturated heterocycles. The topological polar surface area (TPSA) is 119 Å². The predicted octanol–water partition coefficient (Wildman–Crippen LogP) is -2.42. The molecule has 4 unspecified atom stereocenters. The van der Waals surface area contributed by atoms with Crippen molar-refractivity contribution >= 4 is 11.3 Å². The van der Waals surface area contributed by atoms with Gasteiger partial charge in [-0.1, -0.05) is 0 Å². The summed E-state index contributed by atoms with van der Waals surface area (Å²) in [5.41, 5.74) is 0. The summed E-state index contributed by atoms with van der Waals surface area (Å²) in [5.74, 6) is 0. The summed E-state index contributed by atoms with van der Waals surface area (Å²) in [6.07, 6.45) is -5.22. The lowest BCUT2D eigenvalue weighted by Gasteiger charge is -2.39. The van der Waals surface area contributed by atoms with Crippen LogP contribution in [-0.4, -0.2) is 61.1 Å². The van der Waals surface area contributed by atoms with Crippen molar-refractivity contribution in [1.82, 2.24) is 4.72 Å². The Balaban J connectivity index is 2.54. The summed E-state index contributed by atoms with van der Waals surface area (Å²) in [6.45, 7) is 1.46. The molecule has 0 bridgehead atoms. The van der Waals surface area contributed by atoms with E-state index in [0.29, 0.717) is 0 Å². The average Bonchev–Trinajstić information content (AvgIpc) is 2.18. The molecule has 15 heavy (non-hydrogen) atoms. The van der Waals surface area contributed by atoms with Crippen LogP contribution in [0.3, 0.4) is 0 Å². The van der Waals surface area contributed by atoms with Crippen LogP contribution < -0.4 is 4.72 Å². The predicted molar refractivity (Wildman–Crippen MR) is 51.1 cm³/mol. The largest absolute Gasteiger partial charge is 0.388 e. The first-order valence-corrected chi connectivity index (χ1v) is 5.58. The molecule has 90 valence electrons. The zero-order valence-corrected chi connectivity index (χ0v) is 8.92. The third kappa shape index (κ3) is 3.18. The van der Waals surface area contributed by atoms with Crippen molar-refractivity contribution in [3.63, 3.8) is 0 Å². The Kier molecular flexibility index (Phi) is 4.59. The highest BCUT2D eigenvalue weighted by molar-refractivity contribution is 7.77. The lowest BCUT2D eigenvalue weighted by atomic mass is 9.96. The summed E-state index contributed by atoms with van der Waals surface area (Å²) in [6, 6.07) is 0. The molecule has 0 aliphatic carbocycles. The van der Waals surface area contributed by atoms with Crippen molar-refractivity contribution < 1.29 is 28.8 Å². The Labute approximate surface area is 89.5 Å². The fourth-order valence-corrected chi connectivity index (χ4v) is 1.77. The van der Waals surface area contributed by atoms with Gasteiger partial charge in [0.2, 0.25) is 11.3 Å². The molecule has 0 saturated carbocycles. The molecule has 8 heteroatoms. The summed E-state index contributed by atoms with van der Waals surface area (Å²) in [7, 11) is 0. The van der Waals surface area contributed by atoms with Crippen molar-refractivity contribution in [2.75, 3.05) is 6.54 Å². The molecule has 1 heterocycles. The molecule has 0 spiro atoms. The molecular weight excluding hydrogens is 226 g/mol. The van der Waals surface area contributed by atoms with Gasteiger partial charge in [0.1, 0.15) is 18.3 Å². The molecule has 0 aromatic heterocycles. The van der Waals surface area contributed by atoms with E-state index >= 15 is 0 Å². The van der Waals surface area contributed by atoms with Gasteiger partial charge in [-0.3, -0.25) is 4.55 Å². The van der Waals surface area contributed by atoms with Gasteiger partial charge in [0.05, 0.1) is 12.2 Å². The van der Waals surface area contributed by atoms with Gasteiger partial charge in [0.25, 0.3) is 0 Å². The normalized spacial score (nSPS) is 43.9. The van der Waals surface area contributed by atoms with E-state index in [1.807, 2.05) is 0 Å². The number of aliphatic hydroxyl groups excluding tert-OH is 3. The molecule has 1 fully saturated rings. The van der Waals surface area contributed by atoms with Crippen molar-refractivity contribution in [3.8, 4) is 0 Å². The van der Waals surface area contributed by atoms with E-state index in [1.165, 1.54) is 0 Å². The number of ether oxygens (including phenoxy) is 1. The van der Waals surface area contributed by atoms with Crippen LogP contribution in [-0.2, 0) is 16.0 Å². The highest BCUT2D eigenvalue weighted by Gasteiger charge is 2.41. The van der Waals surface area contributed by atoms with Gasteiger partial charge < -0.3 is 20.1 Å². The van der Waals surface area contributed by atoms with E-state index in [4.69, 9.17) is 9.29 Å². The van der Waals surface area contributed by atoms with Gasteiger partial charge in [-0.25, -0.2) is 8.93 Å². The first kappa shape index (κ1) is 13.0. The van der Waals surface area contributed by atoms with Crippen molar-refractivity contribution in [1.29, 1.82) is 0 Å². The van der Waals surface area contributed by atoms with Gasteiger partial charge in [-0.15, -0.1) is 0 Å². The van der Waals surface area contributed by atoms with Crippen molar-refractivity contribution in [3.05, 3.63) is 0 Å². The second-order valence-electron chi connectivity index (χ2n) is 3.45. The first-order valence-electron chi connectivity index (χ1n) is 4.47. The minimum absolute atomic E-state index is 0.0849. The van der Waals surface area contributed by atoms with Crippen LogP contribution >= 0.6 is 0 Å². The second kappa shape index (κ2) is 5.30. The zero-order chi connectivity index (χ0) is 11.6. The monoisotopic (exact) mass is 241 g/mol. The summed E-state index contributed by atoms with van der Waals surface area (Å²) >= 11 is -2.20. The maximum absolute atomic E-state index is 10.3. The number of rotatable bonds is 3. The van der Waals surface area contributed by atoms with E-state index in [1.54, 1.807) is 6.92 Å². The Morgan fingerprint density at radius 2 is 1.87 bits per heavy atom. The van der Waals surface area contributed by atoms with Gasteiger partial charge >= 0.3 is 0 Å². The summed E-state index contributed by atoms with van der Waals surface area (Å²) < 4.78 is 26.1. The number of hydrogen-bond donors (Lipinski definition) is 5.